The summed E-state index contributed by atoms with van der Waals surface area (Å²) in [7, 11) is -3.68. The van der Waals surface area contributed by atoms with Gasteiger partial charge >= 0.3 is 0 Å². The van der Waals surface area contributed by atoms with Gasteiger partial charge in [0.05, 0.1) is 11.5 Å². The summed E-state index contributed by atoms with van der Waals surface area (Å²) in [5.74, 6) is -0.550. The Kier molecular flexibility index (Phi) is 5.35. The zero-order valence-corrected chi connectivity index (χ0v) is 13.0. The van der Waals surface area contributed by atoms with Crippen molar-refractivity contribution in [3.8, 4) is 0 Å². The molecule has 21 heavy (non-hydrogen) atoms. The van der Waals surface area contributed by atoms with Gasteiger partial charge in [-0.25, -0.2) is 17.5 Å². The first-order chi connectivity index (χ1) is 9.94. The lowest BCUT2D eigenvalue weighted by Gasteiger charge is -2.17. The van der Waals surface area contributed by atoms with Crippen molar-refractivity contribution in [2.75, 3.05) is 0 Å². The summed E-state index contributed by atoms with van der Waals surface area (Å²) in [4.78, 5) is 0.0229. The molecule has 118 valence electrons. The Morgan fingerprint density at radius 1 is 1.24 bits per heavy atom. The van der Waals surface area contributed by atoms with Crippen LogP contribution in [0.1, 0.15) is 49.7 Å². The van der Waals surface area contributed by atoms with Gasteiger partial charge in [-0.3, -0.25) is 0 Å². The van der Waals surface area contributed by atoms with Crippen LogP contribution < -0.4 is 4.72 Å². The molecule has 1 aromatic carbocycles. The van der Waals surface area contributed by atoms with Gasteiger partial charge in [-0.05, 0) is 37.5 Å². The lowest BCUT2D eigenvalue weighted by molar-refractivity contribution is 0.275. The van der Waals surface area contributed by atoms with Crippen LogP contribution >= 0.6 is 0 Å². The van der Waals surface area contributed by atoms with Gasteiger partial charge in [-0.1, -0.05) is 25.7 Å². The molecule has 0 radical (unpaired) electrons. The molecule has 1 aliphatic rings. The molecule has 4 nitrogen and oxygen atoms in total. The predicted octanol–water partition coefficient (Wildman–Crippen LogP) is 2.63. The Labute approximate surface area is 125 Å². The third-order valence-corrected chi connectivity index (χ3v) is 5.46. The maximum atomic E-state index is 13.7. The molecule has 1 saturated carbocycles. The molecule has 1 aromatic rings. The minimum absolute atomic E-state index is 0.0104. The Bertz CT molecular complexity index is 593. The van der Waals surface area contributed by atoms with Crippen molar-refractivity contribution in [3.05, 3.63) is 29.1 Å². The Morgan fingerprint density at radius 2 is 1.86 bits per heavy atom. The van der Waals surface area contributed by atoms with Crippen LogP contribution in [0.2, 0.25) is 0 Å². The first-order valence-corrected chi connectivity index (χ1v) is 8.84. The molecule has 0 aromatic heterocycles. The summed E-state index contributed by atoms with van der Waals surface area (Å²) >= 11 is 0. The minimum Gasteiger partial charge on any atom is -0.392 e. The number of halogens is 1. The third kappa shape index (κ3) is 4.02. The van der Waals surface area contributed by atoms with Gasteiger partial charge < -0.3 is 5.11 Å². The molecule has 1 fully saturated rings. The molecular weight excluding hydrogens is 293 g/mol. The van der Waals surface area contributed by atoms with Crippen LogP contribution in [0.3, 0.4) is 0 Å². The van der Waals surface area contributed by atoms with E-state index >= 15 is 0 Å². The quantitative estimate of drug-likeness (QED) is 0.839. The second kappa shape index (κ2) is 6.85. The number of rotatable bonds is 4. The molecule has 0 aliphatic heterocycles. The van der Waals surface area contributed by atoms with Crippen LogP contribution in [0.15, 0.2) is 17.0 Å². The molecule has 6 heteroatoms. The van der Waals surface area contributed by atoms with Crippen molar-refractivity contribution >= 4 is 10.0 Å². The fourth-order valence-electron chi connectivity index (χ4n) is 2.76. The zero-order chi connectivity index (χ0) is 15.5. The zero-order valence-electron chi connectivity index (χ0n) is 12.2. The fraction of sp³-hybridized carbons (Fsp3) is 0.600. The lowest BCUT2D eigenvalue weighted by atomic mass is 10.1. The maximum Gasteiger partial charge on any atom is 0.240 e. The van der Waals surface area contributed by atoms with Crippen molar-refractivity contribution in [2.24, 2.45) is 0 Å². The summed E-state index contributed by atoms with van der Waals surface area (Å²) in [6.45, 7) is 0.985. The van der Waals surface area contributed by atoms with Crippen molar-refractivity contribution in [1.82, 2.24) is 4.72 Å². The van der Waals surface area contributed by atoms with E-state index in [2.05, 4.69) is 4.72 Å². The highest BCUT2D eigenvalue weighted by atomic mass is 32.2. The predicted molar refractivity (Wildman–Crippen MR) is 78.9 cm³/mol. The summed E-state index contributed by atoms with van der Waals surface area (Å²) in [6.07, 6.45) is 6.01. The number of aliphatic hydroxyl groups excluding tert-OH is 1. The smallest absolute Gasteiger partial charge is 0.240 e. The molecule has 1 aliphatic carbocycles. The van der Waals surface area contributed by atoms with Crippen molar-refractivity contribution < 1.29 is 17.9 Å². The molecule has 0 bridgehead atoms. The summed E-state index contributed by atoms with van der Waals surface area (Å²) in [5.41, 5.74) is 0.235. The van der Waals surface area contributed by atoms with Crippen molar-refractivity contribution in [2.45, 2.75) is 63.0 Å². The maximum absolute atomic E-state index is 13.7. The molecule has 0 amide bonds. The van der Waals surface area contributed by atoms with Gasteiger partial charge in [0.2, 0.25) is 10.0 Å². The van der Waals surface area contributed by atoms with E-state index in [1.807, 2.05) is 0 Å². The van der Waals surface area contributed by atoms with Crippen LogP contribution in [0.5, 0.6) is 0 Å². The van der Waals surface area contributed by atoms with E-state index in [0.29, 0.717) is 0 Å². The summed E-state index contributed by atoms with van der Waals surface area (Å²) < 4.78 is 41.3. The second-order valence-corrected chi connectivity index (χ2v) is 7.40. The highest BCUT2D eigenvalue weighted by Gasteiger charge is 2.22. The van der Waals surface area contributed by atoms with E-state index in [-0.39, 0.29) is 22.1 Å². The van der Waals surface area contributed by atoms with Gasteiger partial charge in [0.15, 0.2) is 0 Å². The van der Waals surface area contributed by atoms with Crippen LogP contribution in [0.4, 0.5) is 4.39 Å². The monoisotopic (exact) mass is 315 g/mol. The summed E-state index contributed by atoms with van der Waals surface area (Å²) in [5, 5.41) is 9.14. The highest BCUT2D eigenvalue weighted by Crippen LogP contribution is 2.22. The Morgan fingerprint density at radius 3 is 2.43 bits per heavy atom. The van der Waals surface area contributed by atoms with E-state index in [1.54, 1.807) is 0 Å². The number of hydrogen-bond acceptors (Lipinski definition) is 3. The second-order valence-electron chi connectivity index (χ2n) is 5.68. The van der Waals surface area contributed by atoms with Gasteiger partial charge in [0, 0.05) is 11.6 Å². The first kappa shape index (κ1) is 16.4. The molecule has 0 spiro atoms. The fourth-order valence-corrected chi connectivity index (χ4v) is 4.20. The Hall–Kier alpha value is -0.980. The molecule has 2 rings (SSSR count). The molecular formula is C15H22FNO3S. The number of nitrogens with one attached hydrogen (secondary N) is 1. The van der Waals surface area contributed by atoms with E-state index in [0.717, 1.165) is 38.5 Å². The normalized spacial score (nSPS) is 17.7. The highest BCUT2D eigenvalue weighted by molar-refractivity contribution is 7.89. The largest absolute Gasteiger partial charge is 0.392 e. The number of aliphatic hydroxyl groups is 1. The first-order valence-electron chi connectivity index (χ1n) is 7.36. The van der Waals surface area contributed by atoms with E-state index in [1.165, 1.54) is 19.1 Å². The van der Waals surface area contributed by atoms with E-state index < -0.39 is 22.4 Å². The van der Waals surface area contributed by atoms with Gasteiger partial charge in [0.1, 0.15) is 5.82 Å². The minimum atomic E-state index is -3.68. The third-order valence-electron chi connectivity index (χ3n) is 3.96. The average Bonchev–Trinajstić information content (AvgIpc) is 2.69. The molecule has 0 heterocycles. The molecule has 0 atom stereocenters. The molecule has 2 N–H and O–H groups in total. The van der Waals surface area contributed by atoms with Crippen molar-refractivity contribution in [3.63, 3.8) is 0 Å². The standard InChI is InChI=1S/C15H22FNO3S/c1-11-8-14(9-12(10-18)15(11)16)21(19,20)17-13-6-4-2-3-5-7-13/h8-9,13,17-18H,2-7,10H2,1H3. The van der Waals surface area contributed by atoms with Gasteiger partial charge in [-0.2, -0.15) is 0 Å². The lowest BCUT2D eigenvalue weighted by Crippen LogP contribution is -2.34. The molecule has 0 saturated heterocycles. The number of sulfonamides is 1. The van der Waals surface area contributed by atoms with Crippen LogP contribution in [0, 0.1) is 12.7 Å². The van der Waals surface area contributed by atoms with Crippen LogP contribution in [-0.4, -0.2) is 19.6 Å². The van der Waals surface area contributed by atoms with Gasteiger partial charge in [-0.15, -0.1) is 0 Å². The van der Waals surface area contributed by atoms with Crippen LogP contribution in [-0.2, 0) is 16.6 Å². The molecule has 0 unspecified atom stereocenters. The number of benzene rings is 1. The van der Waals surface area contributed by atoms with E-state index in [9.17, 15) is 12.8 Å². The van der Waals surface area contributed by atoms with Crippen molar-refractivity contribution in [1.29, 1.82) is 0 Å². The average molecular weight is 315 g/mol. The summed E-state index contributed by atoms with van der Waals surface area (Å²) in [6, 6.07) is 2.47. The van der Waals surface area contributed by atoms with Gasteiger partial charge in [0.25, 0.3) is 0 Å². The van der Waals surface area contributed by atoms with Crippen LogP contribution in [0.25, 0.3) is 0 Å². The SMILES string of the molecule is Cc1cc(S(=O)(=O)NC2CCCCCC2)cc(CO)c1F. The number of aryl methyl sites for hydroxylation is 1. The topological polar surface area (TPSA) is 66.4 Å². The van der Waals surface area contributed by atoms with E-state index in [4.69, 9.17) is 5.11 Å². The number of hydrogen-bond donors (Lipinski definition) is 2. The Balaban J connectivity index is 2.24.